The van der Waals surface area contributed by atoms with E-state index in [2.05, 4.69) is 27.1 Å². The molecule has 1 aromatic carbocycles. The maximum atomic E-state index is 5.50. The average molecular weight is 348 g/mol. The Balaban J connectivity index is 1.63. The van der Waals surface area contributed by atoms with E-state index < -0.39 is 0 Å². The van der Waals surface area contributed by atoms with Crippen LogP contribution < -0.4 is 10.1 Å². The van der Waals surface area contributed by atoms with E-state index in [1.807, 2.05) is 29.6 Å². The first-order chi connectivity index (χ1) is 11.2. The van der Waals surface area contributed by atoms with Crippen molar-refractivity contribution in [3.05, 3.63) is 29.6 Å². The molecule has 122 valence electrons. The Morgan fingerprint density at radius 3 is 2.57 bits per heavy atom. The van der Waals surface area contributed by atoms with Crippen LogP contribution >= 0.6 is 23.6 Å². The maximum Gasteiger partial charge on any atom is 0.189 e. The fourth-order valence-electron chi connectivity index (χ4n) is 2.41. The Morgan fingerprint density at radius 1 is 1.22 bits per heavy atom. The molecule has 3 rings (SSSR count). The summed E-state index contributed by atoms with van der Waals surface area (Å²) in [6, 6.07) is 7.90. The summed E-state index contributed by atoms with van der Waals surface area (Å²) in [7, 11) is 3.80. The lowest BCUT2D eigenvalue weighted by Crippen LogP contribution is -2.48. The van der Waals surface area contributed by atoms with Crippen LogP contribution in [0.15, 0.2) is 29.6 Å². The number of hydrogen-bond acceptors (Lipinski definition) is 5. The standard InChI is InChI=1S/C16H20N4OS2/c1-19-7-9-20(10-8-19)16(22)18-15-17-14(11-23-15)12-3-5-13(21-2)6-4-12/h3-6,11H,7-10H2,1-2H3,(H,17,18,22). The highest BCUT2D eigenvalue weighted by Gasteiger charge is 2.17. The van der Waals surface area contributed by atoms with Crippen LogP contribution in [0.5, 0.6) is 5.75 Å². The van der Waals surface area contributed by atoms with Crippen molar-refractivity contribution in [1.82, 2.24) is 14.8 Å². The predicted molar refractivity (Wildman–Crippen MR) is 99.4 cm³/mol. The van der Waals surface area contributed by atoms with Gasteiger partial charge in [-0.15, -0.1) is 11.3 Å². The lowest BCUT2D eigenvalue weighted by molar-refractivity contribution is 0.217. The Bertz CT molecular complexity index is 663. The van der Waals surface area contributed by atoms with Crippen LogP contribution in [0.2, 0.25) is 0 Å². The van der Waals surface area contributed by atoms with Gasteiger partial charge in [0.05, 0.1) is 12.8 Å². The Kier molecular flexibility index (Phi) is 5.09. The van der Waals surface area contributed by atoms with Crippen molar-refractivity contribution in [3.63, 3.8) is 0 Å². The molecule has 5 nitrogen and oxygen atoms in total. The second kappa shape index (κ2) is 7.25. The molecule has 0 bridgehead atoms. The Hall–Kier alpha value is -1.70. The molecule has 0 radical (unpaired) electrons. The van der Waals surface area contributed by atoms with Gasteiger partial charge < -0.3 is 19.9 Å². The zero-order chi connectivity index (χ0) is 16.2. The molecule has 1 aromatic heterocycles. The van der Waals surface area contributed by atoms with Gasteiger partial charge in [-0.2, -0.15) is 0 Å². The van der Waals surface area contributed by atoms with Gasteiger partial charge in [0.25, 0.3) is 0 Å². The SMILES string of the molecule is COc1ccc(-c2csc(NC(=S)N3CCN(C)CC3)n2)cc1. The molecule has 1 aliphatic rings. The molecular weight excluding hydrogens is 328 g/mol. The van der Waals surface area contributed by atoms with Crippen molar-refractivity contribution in [2.75, 3.05) is 45.7 Å². The summed E-state index contributed by atoms with van der Waals surface area (Å²) >= 11 is 7.07. The van der Waals surface area contributed by atoms with E-state index in [-0.39, 0.29) is 0 Å². The molecule has 0 unspecified atom stereocenters. The zero-order valence-corrected chi connectivity index (χ0v) is 14.9. The predicted octanol–water partition coefficient (Wildman–Crippen LogP) is 2.76. The number of nitrogens with zero attached hydrogens (tertiary/aromatic N) is 3. The number of piperazine rings is 1. The fraction of sp³-hybridized carbons (Fsp3) is 0.375. The number of nitrogens with one attached hydrogen (secondary N) is 1. The Labute approximate surface area is 145 Å². The number of ether oxygens (including phenoxy) is 1. The minimum absolute atomic E-state index is 0.758. The molecular formula is C16H20N4OS2. The minimum Gasteiger partial charge on any atom is -0.497 e. The van der Waals surface area contributed by atoms with Crippen molar-refractivity contribution < 1.29 is 4.74 Å². The molecule has 2 aromatic rings. The molecule has 0 amide bonds. The first-order valence-electron chi connectivity index (χ1n) is 7.50. The summed E-state index contributed by atoms with van der Waals surface area (Å²) in [4.78, 5) is 9.14. The first-order valence-corrected chi connectivity index (χ1v) is 8.79. The number of thiocarbonyl (C=S) groups is 1. The quantitative estimate of drug-likeness (QED) is 0.860. The lowest BCUT2D eigenvalue weighted by Gasteiger charge is -2.33. The van der Waals surface area contributed by atoms with Gasteiger partial charge in [-0.25, -0.2) is 4.98 Å². The second-order valence-electron chi connectivity index (χ2n) is 5.49. The normalized spacial score (nSPS) is 15.5. The summed E-state index contributed by atoms with van der Waals surface area (Å²) in [6.45, 7) is 3.99. The van der Waals surface area contributed by atoms with Gasteiger partial charge in [0.15, 0.2) is 10.2 Å². The van der Waals surface area contributed by atoms with Gasteiger partial charge in [-0.1, -0.05) is 0 Å². The first kappa shape index (κ1) is 16.2. The van der Waals surface area contributed by atoms with Crippen molar-refractivity contribution in [1.29, 1.82) is 0 Å². The lowest BCUT2D eigenvalue weighted by atomic mass is 10.2. The summed E-state index contributed by atoms with van der Waals surface area (Å²) < 4.78 is 5.18. The third-order valence-electron chi connectivity index (χ3n) is 3.89. The number of hydrogen-bond donors (Lipinski definition) is 1. The number of methoxy groups -OCH3 is 1. The van der Waals surface area contributed by atoms with Crippen molar-refractivity contribution in [2.45, 2.75) is 0 Å². The van der Waals surface area contributed by atoms with E-state index >= 15 is 0 Å². The van der Waals surface area contributed by atoms with Crippen molar-refractivity contribution in [2.24, 2.45) is 0 Å². The number of rotatable bonds is 3. The fourth-order valence-corrected chi connectivity index (χ4v) is 3.47. The van der Waals surface area contributed by atoms with Crippen molar-refractivity contribution in [3.8, 4) is 17.0 Å². The van der Waals surface area contributed by atoms with Crippen LogP contribution in [0.4, 0.5) is 5.13 Å². The number of likely N-dealkylation sites (N-methyl/N-ethyl adjacent to an activating group) is 1. The van der Waals surface area contributed by atoms with Crippen LogP contribution in [-0.2, 0) is 0 Å². The smallest absolute Gasteiger partial charge is 0.189 e. The van der Waals surface area contributed by atoms with E-state index in [0.717, 1.165) is 53.4 Å². The maximum absolute atomic E-state index is 5.50. The number of benzene rings is 1. The molecule has 0 aliphatic carbocycles. The van der Waals surface area contributed by atoms with Gasteiger partial charge in [0.1, 0.15) is 5.75 Å². The van der Waals surface area contributed by atoms with E-state index in [0.29, 0.717) is 0 Å². The minimum atomic E-state index is 0.758. The van der Waals surface area contributed by atoms with Crippen LogP contribution in [0.1, 0.15) is 0 Å². The summed E-state index contributed by atoms with van der Waals surface area (Å²) in [5, 5.41) is 6.89. The molecule has 0 atom stereocenters. The Morgan fingerprint density at radius 2 is 1.91 bits per heavy atom. The van der Waals surface area contributed by atoms with E-state index in [1.165, 1.54) is 0 Å². The largest absolute Gasteiger partial charge is 0.497 e. The van der Waals surface area contributed by atoms with Gasteiger partial charge in [-0.05, 0) is 43.5 Å². The van der Waals surface area contributed by atoms with E-state index in [1.54, 1.807) is 18.4 Å². The molecule has 7 heteroatoms. The molecule has 1 aliphatic heterocycles. The highest BCUT2D eigenvalue weighted by atomic mass is 32.1. The zero-order valence-electron chi connectivity index (χ0n) is 13.3. The third kappa shape index (κ3) is 3.99. The third-order valence-corrected chi connectivity index (χ3v) is 5.01. The number of aromatic nitrogens is 1. The molecule has 0 saturated carbocycles. The molecule has 1 fully saturated rings. The topological polar surface area (TPSA) is 40.6 Å². The second-order valence-corrected chi connectivity index (χ2v) is 6.73. The monoisotopic (exact) mass is 348 g/mol. The number of thiazole rings is 1. The number of anilines is 1. The molecule has 1 saturated heterocycles. The highest BCUT2D eigenvalue weighted by molar-refractivity contribution is 7.80. The average Bonchev–Trinajstić information content (AvgIpc) is 3.04. The van der Waals surface area contributed by atoms with Crippen molar-refractivity contribution >= 4 is 33.8 Å². The van der Waals surface area contributed by atoms with Gasteiger partial charge in [0, 0.05) is 37.1 Å². The summed E-state index contributed by atoms with van der Waals surface area (Å²) in [6.07, 6.45) is 0. The van der Waals surface area contributed by atoms with Gasteiger partial charge >= 0.3 is 0 Å². The summed E-state index contributed by atoms with van der Waals surface area (Å²) in [5.74, 6) is 0.846. The van der Waals surface area contributed by atoms with Gasteiger partial charge in [0.2, 0.25) is 0 Å². The van der Waals surface area contributed by atoms with E-state index in [4.69, 9.17) is 17.0 Å². The highest BCUT2D eigenvalue weighted by Crippen LogP contribution is 2.26. The molecule has 2 heterocycles. The van der Waals surface area contributed by atoms with Crippen LogP contribution in [0, 0.1) is 0 Å². The summed E-state index contributed by atoms with van der Waals surface area (Å²) in [5.41, 5.74) is 2.02. The van der Waals surface area contributed by atoms with Crippen LogP contribution in [0.3, 0.4) is 0 Å². The van der Waals surface area contributed by atoms with Crippen LogP contribution in [-0.4, -0.2) is 60.2 Å². The molecule has 0 spiro atoms. The van der Waals surface area contributed by atoms with Gasteiger partial charge in [-0.3, -0.25) is 0 Å². The van der Waals surface area contributed by atoms with Crippen LogP contribution in [0.25, 0.3) is 11.3 Å². The molecule has 23 heavy (non-hydrogen) atoms. The van der Waals surface area contributed by atoms with E-state index in [9.17, 15) is 0 Å². The molecule has 1 N–H and O–H groups in total.